The van der Waals surface area contributed by atoms with E-state index in [2.05, 4.69) is 11.8 Å². The normalized spacial score (nSPS) is 24.0. The van der Waals surface area contributed by atoms with Gasteiger partial charge in [0.05, 0.1) is 25.3 Å². The molecular formula is C17H22ClNO3. The first kappa shape index (κ1) is 15.8. The molecule has 2 atom stereocenters. The number of carbonyl (C=O) groups is 1. The fourth-order valence-electron chi connectivity index (χ4n) is 3.62. The minimum Gasteiger partial charge on any atom is -0.496 e. The molecule has 2 unspecified atom stereocenters. The van der Waals surface area contributed by atoms with E-state index in [9.17, 15) is 4.79 Å². The molecule has 0 aromatic heterocycles. The summed E-state index contributed by atoms with van der Waals surface area (Å²) in [4.78, 5) is 15.3. The lowest BCUT2D eigenvalue weighted by molar-refractivity contribution is 0.00694. The van der Waals surface area contributed by atoms with Crippen molar-refractivity contribution in [1.82, 2.24) is 4.90 Å². The summed E-state index contributed by atoms with van der Waals surface area (Å²) in [6.07, 6.45) is 1.69. The van der Waals surface area contributed by atoms with E-state index in [-0.39, 0.29) is 17.7 Å². The molecule has 1 aliphatic heterocycles. The maximum absolute atomic E-state index is 13.0. The number of hydrogen-bond acceptors (Lipinski definition) is 4. The Morgan fingerprint density at radius 2 is 2.09 bits per heavy atom. The number of ketones is 1. The van der Waals surface area contributed by atoms with Crippen LogP contribution in [0.5, 0.6) is 5.75 Å². The molecule has 4 nitrogen and oxygen atoms in total. The highest BCUT2D eigenvalue weighted by atomic mass is 35.5. The van der Waals surface area contributed by atoms with Gasteiger partial charge in [-0.1, -0.05) is 11.6 Å². The lowest BCUT2D eigenvalue weighted by Crippen LogP contribution is -2.48. The molecule has 0 bridgehead atoms. The van der Waals surface area contributed by atoms with Gasteiger partial charge in [-0.3, -0.25) is 9.69 Å². The summed E-state index contributed by atoms with van der Waals surface area (Å²) < 4.78 is 10.8. The molecule has 0 amide bonds. The van der Waals surface area contributed by atoms with Crippen molar-refractivity contribution in [3.63, 3.8) is 0 Å². The maximum atomic E-state index is 13.0. The van der Waals surface area contributed by atoms with Crippen molar-refractivity contribution in [3.8, 4) is 5.75 Å². The van der Waals surface area contributed by atoms with Crippen molar-refractivity contribution in [2.45, 2.75) is 25.8 Å². The molecule has 22 heavy (non-hydrogen) atoms. The van der Waals surface area contributed by atoms with Crippen LogP contribution >= 0.6 is 11.6 Å². The van der Waals surface area contributed by atoms with Gasteiger partial charge in [-0.15, -0.1) is 0 Å². The molecule has 0 N–H and O–H groups in total. The number of morpholine rings is 1. The number of carbonyl (C=O) groups excluding carboxylic acids is 1. The number of benzene rings is 1. The molecule has 0 spiro atoms. The highest BCUT2D eigenvalue weighted by Gasteiger charge is 2.36. The summed E-state index contributed by atoms with van der Waals surface area (Å²) >= 11 is 6.31. The largest absolute Gasteiger partial charge is 0.496 e. The fraction of sp³-hybridized carbons (Fsp3) is 0.588. The first-order valence-corrected chi connectivity index (χ1v) is 8.22. The Labute approximate surface area is 136 Å². The molecule has 5 heteroatoms. The number of rotatable bonds is 3. The number of hydrogen-bond donors (Lipinski definition) is 0. The Kier molecular flexibility index (Phi) is 4.71. The van der Waals surface area contributed by atoms with Gasteiger partial charge in [-0.05, 0) is 31.9 Å². The molecule has 0 radical (unpaired) electrons. The van der Waals surface area contributed by atoms with Crippen molar-refractivity contribution in [2.75, 3.05) is 33.4 Å². The second-order valence-corrected chi connectivity index (χ2v) is 6.41. The van der Waals surface area contributed by atoms with E-state index in [1.54, 1.807) is 13.2 Å². The van der Waals surface area contributed by atoms with Crippen LogP contribution in [0, 0.1) is 5.92 Å². The van der Waals surface area contributed by atoms with Gasteiger partial charge in [-0.25, -0.2) is 0 Å². The predicted molar refractivity (Wildman–Crippen MR) is 86.0 cm³/mol. The van der Waals surface area contributed by atoms with Crippen molar-refractivity contribution in [2.24, 2.45) is 5.92 Å². The molecule has 1 aliphatic carbocycles. The topological polar surface area (TPSA) is 38.8 Å². The highest BCUT2D eigenvalue weighted by molar-refractivity contribution is 6.34. The third-order valence-electron chi connectivity index (χ3n) is 4.93. The van der Waals surface area contributed by atoms with Crippen LogP contribution < -0.4 is 4.74 Å². The standard InChI is InChI=1S/C17H22ClNO3/c1-11(19-7-9-22-10-8-19)12-3-4-13-15(21-2)6-5-14(18)16(13)17(12)20/h5-6,11-12H,3-4,7-10H2,1-2H3. The summed E-state index contributed by atoms with van der Waals surface area (Å²) in [5.74, 6) is 0.921. The molecule has 1 fully saturated rings. The van der Waals surface area contributed by atoms with Crippen LogP contribution in [0.4, 0.5) is 0 Å². The van der Waals surface area contributed by atoms with Crippen LogP contribution in [0.15, 0.2) is 12.1 Å². The van der Waals surface area contributed by atoms with Crippen LogP contribution in [0.2, 0.25) is 5.02 Å². The minimum atomic E-state index is -0.00444. The zero-order valence-corrected chi connectivity index (χ0v) is 13.9. The third-order valence-corrected chi connectivity index (χ3v) is 5.25. The lowest BCUT2D eigenvalue weighted by Gasteiger charge is -2.38. The second kappa shape index (κ2) is 6.57. The van der Waals surface area contributed by atoms with Gasteiger partial charge in [0.2, 0.25) is 0 Å². The molecule has 1 aromatic rings. The SMILES string of the molecule is COc1ccc(Cl)c2c1CCC(C(C)N1CCOCC1)C2=O. The van der Waals surface area contributed by atoms with Crippen LogP contribution in [0.1, 0.15) is 29.3 Å². The van der Waals surface area contributed by atoms with Crippen LogP contribution in [-0.4, -0.2) is 50.1 Å². The highest BCUT2D eigenvalue weighted by Crippen LogP contribution is 2.38. The third kappa shape index (κ3) is 2.75. The fourth-order valence-corrected chi connectivity index (χ4v) is 3.89. The van der Waals surface area contributed by atoms with Gasteiger partial charge in [0, 0.05) is 36.2 Å². The van der Waals surface area contributed by atoms with E-state index in [1.807, 2.05) is 6.07 Å². The van der Waals surface area contributed by atoms with Gasteiger partial charge in [0.15, 0.2) is 5.78 Å². The molecule has 1 saturated heterocycles. The zero-order chi connectivity index (χ0) is 15.7. The minimum absolute atomic E-state index is 0.00444. The summed E-state index contributed by atoms with van der Waals surface area (Å²) in [6, 6.07) is 3.82. The first-order chi connectivity index (χ1) is 10.6. The Hall–Kier alpha value is -1.10. The average molecular weight is 324 g/mol. The van der Waals surface area contributed by atoms with E-state index in [4.69, 9.17) is 21.1 Å². The Balaban J connectivity index is 1.87. The number of Topliss-reactive ketones (excluding diaryl/α,β-unsaturated/α-hetero) is 1. The smallest absolute Gasteiger partial charge is 0.169 e. The van der Waals surface area contributed by atoms with Crippen molar-refractivity contribution >= 4 is 17.4 Å². The molecule has 1 aromatic carbocycles. The van der Waals surface area contributed by atoms with Gasteiger partial charge in [0.25, 0.3) is 0 Å². The lowest BCUT2D eigenvalue weighted by atomic mass is 9.78. The van der Waals surface area contributed by atoms with Crippen LogP contribution in [-0.2, 0) is 11.2 Å². The molecule has 3 rings (SSSR count). The quantitative estimate of drug-likeness (QED) is 0.857. The summed E-state index contributed by atoms with van der Waals surface area (Å²) in [7, 11) is 1.64. The zero-order valence-electron chi connectivity index (χ0n) is 13.1. The van der Waals surface area contributed by atoms with E-state index >= 15 is 0 Å². The van der Waals surface area contributed by atoms with E-state index in [1.165, 1.54) is 0 Å². The van der Waals surface area contributed by atoms with Crippen molar-refractivity contribution in [3.05, 3.63) is 28.3 Å². The van der Waals surface area contributed by atoms with Crippen LogP contribution in [0.25, 0.3) is 0 Å². The molecule has 2 aliphatic rings. The summed E-state index contributed by atoms with van der Waals surface area (Å²) in [5, 5.41) is 0.541. The summed E-state index contributed by atoms with van der Waals surface area (Å²) in [5.41, 5.74) is 1.63. The van der Waals surface area contributed by atoms with Crippen LogP contribution in [0.3, 0.4) is 0 Å². The predicted octanol–water partition coefficient (Wildman–Crippen LogP) is 2.81. The molecule has 1 heterocycles. The number of fused-ring (bicyclic) bond motifs is 1. The number of methoxy groups -OCH3 is 1. The first-order valence-electron chi connectivity index (χ1n) is 7.85. The second-order valence-electron chi connectivity index (χ2n) is 6.00. The Morgan fingerprint density at radius 3 is 2.77 bits per heavy atom. The molecule has 120 valence electrons. The van der Waals surface area contributed by atoms with Gasteiger partial charge in [-0.2, -0.15) is 0 Å². The monoisotopic (exact) mass is 323 g/mol. The summed E-state index contributed by atoms with van der Waals surface area (Å²) in [6.45, 7) is 5.42. The average Bonchev–Trinajstić information content (AvgIpc) is 2.55. The van der Waals surface area contributed by atoms with Gasteiger partial charge >= 0.3 is 0 Å². The van der Waals surface area contributed by atoms with Gasteiger partial charge < -0.3 is 9.47 Å². The Morgan fingerprint density at radius 1 is 1.36 bits per heavy atom. The van der Waals surface area contributed by atoms with Crippen molar-refractivity contribution < 1.29 is 14.3 Å². The van der Waals surface area contributed by atoms with Gasteiger partial charge in [0.1, 0.15) is 5.75 Å². The van der Waals surface area contributed by atoms with Crippen molar-refractivity contribution in [1.29, 1.82) is 0 Å². The number of nitrogens with zero attached hydrogens (tertiary/aromatic N) is 1. The number of ether oxygens (including phenoxy) is 2. The van der Waals surface area contributed by atoms with E-state index in [0.717, 1.165) is 50.5 Å². The molecule has 0 saturated carbocycles. The van der Waals surface area contributed by atoms with E-state index < -0.39 is 0 Å². The maximum Gasteiger partial charge on any atom is 0.169 e. The molecular weight excluding hydrogens is 302 g/mol. The Bertz CT molecular complexity index is 569. The number of halogens is 1. The van der Waals surface area contributed by atoms with E-state index in [0.29, 0.717) is 10.6 Å².